The van der Waals surface area contributed by atoms with Crippen molar-refractivity contribution in [1.82, 2.24) is 0 Å². The number of carbonyl (C=O) groups is 2. The van der Waals surface area contributed by atoms with E-state index in [1.165, 1.54) is 0 Å². The summed E-state index contributed by atoms with van der Waals surface area (Å²) in [6.07, 6.45) is -2.79. The molecule has 5 atom stereocenters. The first-order chi connectivity index (χ1) is 15.1. The van der Waals surface area contributed by atoms with Crippen LogP contribution in [0.4, 0.5) is 0 Å². The molecule has 8 rings (SSSR count). The van der Waals surface area contributed by atoms with E-state index in [0.29, 0.717) is 11.5 Å². The minimum atomic E-state index is -1.84. The zero-order valence-electron chi connectivity index (χ0n) is 15.9. The molecule has 31 heavy (non-hydrogen) atoms. The fourth-order valence-electron chi connectivity index (χ4n) is 5.95. The molecule has 0 unspecified atom stereocenters. The molecule has 0 aromatic heterocycles. The quantitative estimate of drug-likeness (QED) is 0.562. The molecule has 1 saturated carbocycles. The molecule has 7 nitrogen and oxygen atoms in total. The number of hydrogen-bond acceptors (Lipinski definition) is 7. The summed E-state index contributed by atoms with van der Waals surface area (Å²) in [6, 6.07) is 17.7. The van der Waals surface area contributed by atoms with Crippen molar-refractivity contribution in [2.45, 2.75) is 35.3 Å². The molecule has 3 aliphatic heterocycles. The van der Waals surface area contributed by atoms with Crippen LogP contribution in [0.3, 0.4) is 0 Å². The topological polar surface area (TPSA) is 97.9 Å². The zero-order valence-corrected chi connectivity index (χ0v) is 15.9. The van der Waals surface area contributed by atoms with Crippen molar-refractivity contribution >= 4 is 22.3 Å². The average Bonchev–Trinajstić information content (AvgIpc) is 3.70. The molecular weight excluding hydrogens is 400 g/mol. The standard InChI is InChI=1S/C24H14O7/c25-18-12-7-1-2-8-13(12)19(26)23-22(18,31-23)20(27)17-21(28-17)24(23)29-14-9-3-5-11-6-4-10-15(30-24)16(11)14/h1-10,17,20-21,27H/t17-,20-,21-,22+,23+/m1/s1. The monoisotopic (exact) mass is 414 g/mol. The number of epoxide rings is 2. The summed E-state index contributed by atoms with van der Waals surface area (Å²) < 4.78 is 24.7. The fourth-order valence-corrected chi connectivity index (χ4v) is 5.95. The van der Waals surface area contributed by atoms with Crippen molar-refractivity contribution in [1.29, 1.82) is 0 Å². The SMILES string of the molecule is O=C1c2ccccc2C(=O)[C@@]23O[C@@]12C1(Oc2cccc4cccc(c24)O1)[C@@H]1O[C@@H]1[C@H]3O. The lowest BCUT2D eigenvalue weighted by Gasteiger charge is -2.45. The first kappa shape index (κ1) is 16.4. The lowest BCUT2D eigenvalue weighted by molar-refractivity contribution is -0.174. The van der Waals surface area contributed by atoms with Gasteiger partial charge in [0.25, 0.3) is 5.60 Å². The summed E-state index contributed by atoms with van der Waals surface area (Å²) in [5.74, 6) is -1.58. The van der Waals surface area contributed by atoms with Crippen molar-refractivity contribution in [2.75, 3.05) is 0 Å². The average molecular weight is 414 g/mol. The number of hydrogen-bond donors (Lipinski definition) is 1. The highest BCUT2D eigenvalue weighted by atomic mass is 16.8. The van der Waals surface area contributed by atoms with Crippen molar-refractivity contribution in [2.24, 2.45) is 0 Å². The molecule has 2 saturated heterocycles. The third-order valence-electron chi connectivity index (χ3n) is 7.34. The Bertz CT molecular complexity index is 1350. The van der Waals surface area contributed by atoms with Gasteiger partial charge in [-0.25, -0.2) is 0 Å². The van der Waals surface area contributed by atoms with Crippen LogP contribution in [0.15, 0.2) is 60.7 Å². The molecule has 2 aliphatic carbocycles. The van der Waals surface area contributed by atoms with E-state index >= 15 is 0 Å². The number of fused-ring (bicyclic) bond motifs is 3. The highest BCUT2D eigenvalue weighted by Crippen LogP contribution is 2.72. The Kier molecular flexibility index (Phi) is 2.46. The van der Waals surface area contributed by atoms with Crippen LogP contribution in [0.2, 0.25) is 0 Å². The summed E-state index contributed by atoms with van der Waals surface area (Å²) in [7, 11) is 0. The van der Waals surface area contributed by atoms with Gasteiger partial charge < -0.3 is 24.1 Å². The Morgan fingerprint density at radius 1 is 0.806 bits per heavy atom. The minimum Gasteiger partial charge on any atom is -0.446 e. The largest absolute Gasteiger partial charge is 0.446 e. The van der Waals surface area contributed by atoms with E-state index in [9.17, 15) is 14.7 Å². The maximum atomic E-state index is 13.9. The molecule has 7 heteroatoms. The molecule has 3 fully saturated rings. The third kappa shape index (κ3) is 1.46. The predicted molar refractivity (Wildman–Crippen MR) is 104 cm³/mol. The predicted octanol–water partition coefficient (Wildman–Crippen LogP) is 2.04. The normalized spacial score (nSPS) is 37.1. The summed E-state index contributed by atoms with van der Waals surface area (Å²) in [4.78, 5) is 27.5. The highest BCUT2D eigenvalue weighted by Gasteiger charge is 3.01. The second-order valence-corrected chi connectivity index (χ2v) is 8.67. The van der Waals surface area contributed by atoms with Crippen LogP contribution in [-0.4, -0.2) is 52.0 Å². The number of carbonyl (C=O) groups excluding carboxylic acids is 2. The lowest BCUT2D eigenvalue weighted by Crippen LogP contribution is -2.73. The van der Waals surface area contributed by atoms with Gasteiger partial charge >= 0.3 is 5.79 Å². The van der Waals surface area contributed by atoms with Crippen LogP contribution in [0, 0.1) is 0 Å². The summed E-state index contributed by atoms with van der Waals surface area (Å²) in [5, 5.41) is 12.7. The Hall–Kier alpha value is -3.26. The van der Waals surface area contributed by atoms with Gasteiger partial charge in [0.1, 0.15) is 23.7 Å². The first-order valence-corrected chi connectivity index (χ1v) is 10.2. The Balaban J connectivity index is 1.42. The number of aliphatic hydroxyl groups is 1. The van der Waals surface area contributed by atoms with Gasteiger partial charge in [-0.3, -0.25) is 9.59 Å². The van der Waals surface area contributed by atoms with E-state index in [4.69, 9.17) is 18.9 Å². The number of Topliss-reactive ketones (excluding diaryl/α,β-unsaturated/α-hetero) is 2. The molecule has 3 aromatic rings. The van der Waals surface area contributed by atoms with Crippen LogP contribution in [0.1, 0.15) is 20.7 Å². The number of ether oxygens (including phenoxy) is 4. The number of ketones is 2. The van der Waals surface area contributed by atoms with Gasteiger partial charge in [-0.2, -0.15) is 0 Å². The van der Waals surface area contributed by atoms with E-state index < -0.39 is 46.9 Å². The van der Waals surface area contributed by atoms with Gasteiger partial charge in [0.2, 0.25) is 17.2 Å². The second-order valence-electron chi connectivity index (χ2n) is 8.67. The van der Waals surface area contributed by atoms with Crippen LogP contribution in [0.25, 0.3) is 10.8 Å². The number of rotatable bonds is 0. The maximum absolute atomic E-state index is 13.9. The minimum absolute atomic E-state index is 0.229. The molecule has 152 valence electrons. The fraction of sp³-hybridized carbons (Fsp3) is 0.250. The molecule has 3 heterocycles. The zero-order chi connectivity index (χ0) is 20.8. The molecule has 1 spiro atoms. The van der Waals surface area contributed by atoms with Crippen molar-refractivity contribution in [3.63, 3.8) is 0 Å². The maximum Gasteiger partial charge on any atom is 0.321 e. The van der Waals surface area contributed by atoms with Gasteiger partial charge in [0.15, 0.2) is 6.10 Å². The van der Waals surface area contributed by atoms with Crippen LogP contribution >= 0.6 is 0 Å². The molecule has 0 amide bonds. The van der Waals surface area contributed by atoms with Crippen molar-refractivity contribution < 1.29 is 33.6 Å². The van der Waals surface area contributed by atoms with Crippen LogP contribution < -0.4 is 9.47 Å². The van der Waals surface area contributed by atoms with E-state index in [-0.39, 0.29) is 11.1 Å². The second kappa shape index (κ2) is 4.65. The van der Waals surface area contributed by atoms with Gasteiger partial charge in [0, 0.05) is 11.1 Å². The number of aliphatic hydroxyl groups excluding tert-OH is 1. The smallest absolute Gasteiger partial charge is 0.321 e. The van der Waals surface area contributed by atoms with Crippen LogP contribution in [-0.2, 0) is 9.47 Å². The highest BCUT2D eigenvalue weighted by molar-refractivity contribution is 6.26. The Labute approximate surface area is 175 Å². The van der Waals surface area contributed by atoms with Gasteiger partial charge in [-0.15, -0.1) is 0 Å². The van der Waals surface area contributed by atoms with Crippen molar-refractivity contribution in [3.05, 3.63) is 71.8 Å². The third-order valence-corrected chi connectivity index (χ3v) is 7.34. The molecule has 3 aromatic carbocycles. The Morgan fingerprint density at radius 3 is 2.13 bits per heavy atom. The number of benzene rings is 3. The molecule has 5 aliphatic rings. The first-order valence-electron chi connectivity index (χ1n) is 10.2. The van der Waals surface area contributed by atoms with Gasteiger partial charge in [0.05, 0.1) is 5.39 Å². The van der Waals surface area contributed by atoms with Gasteiger partial charge in [-0.05, 0) is 17.5 Å². The van der Waals surface area contributed by atoms with Crippen molar-refractivity contribution in [3.8, 4) is 11.5 Å². The van der Waals surface area contributed by atoms with E-state index in [2.05, 4.69) is 0 Å². The van der Waals surface area contributed by atoms with E-state index in [1.54, 1.807) is 36.4 Å². The molecular formula is C24H14O7. The summed E-state index contributed by atoms with van der Waals surface area (Å²) in [5.41, 5.74) is -3.17. The summed E-state index contributed by atoms with van der Waals surface area (Å²) >= 11 is 0. The van der Waals surface area contributed by atoms with E-state index in [0.717, 1.165) is 10.8 Å². The molecule has 1 N–H and O–H groups in total. The summed E-state index contributed by atoms with van der Waals surface area (Å²) in [6.45, 7) is 0. The van der Waals surface area contributed by atoms with Crippen LogP contribution in [0.5, 0.6) is 11.5 Å². The van der Waals surface area contributed by atoms with E-state index in [1.807, 2.05) is 24.3 Å². The molecule has 0 bridgehead atoms. The van der Waals surface area contributed by atoms with Gasteiger partial charge in [-0.1, -0.05) is 48.5 Å². The Morgan fingerprint density at radius 2 is 1.45 bits per heavy atom. The molecule has 0 radical (unpaired) electrons. The lowest BCUT2D eigenvalue weighted by atomic mass is 9.63.